The van der Waals surface area contributed by atoms with Crippen LogP contribution in [0.15, 0.2) is 347 Å². The van der Waals surface area contributed by atoms with Crippen molar-refractivity contribution >= 4 is 68.2 Å². The summed E-state index contributed by atoms with van der Waals surface area (Å²) in [6.45, 7) is 13.4. The third-order valence-corrected chi connectivity index (χ3v) is 18.9. The molecule has 0 amide bonds. The molecule has 500 valence electrons. The van der Waals surface area contributed by atoms with Gasteiger partial charge in [0, 0.05) is 122 Å². The summed E-state index contributed by atoms with van der Waals surface area (Å²) in [5.41, 5.74) is 23.8. The molecule has 0 N–H and O–H groups in total. The molecule has 10 heteroatoms. The average Bonchev–Trinajstić information content (AvgIpc) is 0.750. The highest BCUT2D eigenvalue weighted by molar-refractivity contribution is 5.96. The van der Waals surface area contributed by atoms with Crippen LogP contribution in [0.3, 0.4) is 0 Å². The van der Waals surface area contributed by atoms with Gasteiger partial charge in [0.1, 0.15) is 0 Å². The van der Waals surface area contributed by atoms with Gasteiger partial charge in [0.25, 0.3) is 0 Å². The predicted molar refractivity (Wildman–Crippen MR) is 427 cm³/mol. The minimum absolute atomic E-state index is 0.191. The van der Waals surface area contributed by atoms with Crippen LogP contribution < -0.4 is 19.6 Å². The first-order chi connectivity index (χ1) is 50.6. The average molecular weight is 1340 g/mol. The number of para-hydroxylation sites is 6. The van der Waals surface area contributed by atoms with E-state index in [1.54, 1.807) is 0 Å². The monoisotopic (exact) mass is 1330 g/mol. The van der Waals surface area contributed by atoms with Crippen LogP contribution in [0.25, 0.3) is 67.5 Å². The van der Waals surface area contributed by atoms with Crippen LogP contribution in [0.4, 0.5) is 68.2 Å². The van der Waals surface area contributed by atoms with Crippen molar-refractivity contribution in [1.29, 1.82) is 0 Å². The number of hydrogen-bond acceptors (Lipinski definition) is 10. The highest BCUT2D eigenvalue weighted by Crippen LogP contribution is 2.49. The first-order valence-corrected chi connectivity index (χ1v) is 35.3. The largest absolute Gasteiger partial charge is 0.311 e. The lowest BCUT2D eigenvalue weighted by Crippen LogP contribution is -2.16. The number of nitrogens with zero attached hydrogens (tertiary/aromatic N) is 10. The summed E-state index contributed by atoms with van der Waals surface area (Å²) in [6.07, 6.45) is 11.7. The lowest BCUT2D eigenvalue weighted by Gasteiger charge is -2.32. The molecule has 0 aliphatic carbocycles. The van der Waals surface area contributed by atoms with E-state index in [0.29, 0.717) is 17.5 Å². The molecule has 3 heterocycles. The maximum atomic E-state index is 5.31. The van der Waals surface area contributed by atoms with E-state index in [1.165, 1.54) is 0 Å². The normalized spacial score (nSPS) is 11.3. The van der Waals surface area contributed by atoms with Gasteiger partial charge in [0.05, 0.1) is 17.1 Å². The molecule has 0 unspecified atom stereocenters. The number of anilines is 12. The Hall–Kier alpha value is -12.9. The Morgan fingerprint density at radius 1 is 0.194 bits per heavy atom. The molecule has 3 aromatic heterocycles. The maximum Gasteiger partial charge on any atom is 0.161 e. The molecule has 12 aromatic carbocycles. The van der Waals surface area contributed by atoms with Crippen molar-refractivity contribution in [1.82, 2.24) is 29.9 Å². The van der Waals surface area contributed by atoms with Crippen molar-refractivity contribution in [3.63, 3.8) is 0 Å². The Balaban J connectivity index is 0.848. The molecule has 0 atom stereocenters. The molecule has 0 radical (unpaired) electrons. The molecule has 0 bridgehead atoms. The van der Waals surface area contributed by atoms with Gasteiger partial charge in [-0.3, -0.25) is 0 Å². The molecule has 0 saturated carbocycles. The van der Waals surface area contributed by atoms with E-state index in [2.05, 4.69) is 334 Å². The van der Waals surface area contributed by atoms with E-state index in [1.807, 2.05) is 73.6 Å². The number of rotatable bonds is 21. The summed E-state index contributed by atoms with van der Waals surface area (Å²) in [7, 11) is 0. The Morgan fingerprint density at radius 2 is 0.388 bits per heavy atom. The second-order valence-corrected chi connectivity index (χ2v) is 26.7. The van der Waals surface area contributed by atoms with Crippen molar-refractivity contribution in [2.24, 2.45) is 0 Å². The zero-order valence-electron chi connectivity index (χ0n) is 58.6. The quantitative estimate of drug-likeness (QED) is 0.0693. The molecule has 0 saturated heterocycles. The summed E-state index contributed by atoms with van der Waals surface area (Å²) in [6, 6.07) is 109. The van der Waals surface area contributed by atoms with Crippen LogP contribution in [0.5, 0.6) is 0 Å². The lowest BCUT2D eigenvalue weighted by molar-refractivity contribution is 0.865. The van der Waals surface area contributed by atoms with E-state index in [9.17, 15) is 0 Å². The molecular weight excluding hydrogens is 1260 g/mol. The van der Waals surface area contributed by atoms with Crippen molar-refractivity contribution < 1.29 is 0 Å². The smallest absolute Gasteiger partial charge is 0.161 e. The third kappa shape index (κ3) is 14.2. The van der Waals surface area contributed by atoms with Crippen LogP contribution in [-0.4, -0.2) is 29.9 Å². The van der Waals surface area contributed by atoms with Crippen molar-refractivity contribution in [2.75, 3.05) is 19.6 Å². The van der Waals surface area contributed by atoms with Gasteiger partial charge in [-0.15, -0.1) is 0 Å². The fourth-order valence-corrected chi connectivity index (χ4v) is 13.3. The second kappa shape index (κ2) is 29.9. The van der Waals surface area contributed by atoms with Crippen LogP contribution in [0.1, 0.15) is 76.0 Å². The summed E-state index contributed by atoms with van der Waals surface area (Å²) in [5, 5.41) is 0. The summed E-state index contributed by atoms with van der Waals surface area (Å²) < 4.78 is 0. The number of benzene rings is 12. The van der Waals surface area contributed by atoms with Gasteiger partial charge in [-0.2, -0.15) is 0 Å². The van der Waals surface area contributed by atoms with Gasteiger partial charge in [0.15, 0.2) is 17.5 Å². The summed E-state index contributed by atoms with van der Waals surface area (Å²) in [4.78, 5) is 41.0. The molecule has 103 heavy (non-hydrogen) atoms. The SMILES string of the molecule is CC(C)c1ccc(N(c2ccc(C(C)C)cc2-c2ncc(-c3ccc(N(c4ccccc4)c4ccccc4)cc3)cn2)c2ccc(C(C)C)cc2-c2ncc(-c3ccc(N(c4ccccc4)c4ccccc4)cc3)cn2)c(-c2ncc(-c3ccc(N(c4ccccc4)c4ccccc4)cc3)cn2)c1. The molecule has 15 rings (SSSR count). The topological polar surface area (TPSA) is 90.3 Å². The first kappa shape index (κ1) is 66.0. The zero-order chi connectivity index (χ0) is 70.2. The Labute approximate surface area is 604 Å². The molecule has 0 aliphatic heterocycles. The van der Waals surface area contributed by atoms with Crippen molar-refractivity contribution in [2.45, 2.75) is 59.3 Å². The summed E-state index contributed by atoms with van der Waals surface area (Å²) >= 11 is 0. The van der Waals surface area contributed by atoms with Crippen molar-refractivity contribution in [3.8, 4) is 67.5 Å². The van der Waals surface area contributed by atoms with Gasteiger partial charge in [-0.05, 0) is 197 Å². The van der Waals surface area contributed by atoms with Crippen LogP contribution in [0.2, 0.25) is 0 Å². The van der Waals surface area contributed by atoms with E-state index >= 15 is 0 Å². The minimum Gasteiger partial charge on any atom is -0.311 e. The Kier molecular flexibility index (Phi) is 19.1. The van der Waals surface area contributed by atoms with Gasteiger partial charge in [0.2, 0.25) is 0 Å². The van der Waals surface area contributed by atoms with Crippen LogP contribution in [-0.2, 0) is 0 Å². The highest BCUT2D eigenvalue weighted by atomic mass is 15.2. The highest BCUT2D eigenvalue weighted by Gasteiger charge is 2.28. The predicted octanol–water partition coefficient (Wildman–Crippen LogP) is 25.3. The van der Waals surface area contributed by atoms with Crippen molar-refractivity contribution in [3.05, 3.63) is 363 Å². The zero-order valence-corrected chi connectivity index (χ0v) is 58.6. The van der Waals surface area contributed by atoms with E-state index < -0.39 is 0 Å². The fraction of sp³-hybridized carbons (Fsp3) is 0.0968. The summed E-state index contributed by atoms with van der Waals surface area (Å²) in [5.74, 6) is 2.30. The van der Waals surface area contributed by atoms with E-state index in [4.69, 9.17) is 29.9 Å². The minimum atomic E-state index is 0.191. The van der Waals surface area contributed by atoms with Gasteiger partial charge >= 0.3 is 0 Å². The maximum absolute atomic E-state index is 5.31. The molecule has 0 aliphatic rings. The Morgan fingerprint density at radius 3 is 0.583 bits per heavy atom. The van der Waals surface area contributed by atoms with Crippen LogP contribution in [0, 0.1) is 0 Å². The molecule has 0 fully saturated rings. The fourth-order valence-electron chi connectivity index (χ4n) is 13.3. The number of hydrogen-bond donors (Lipinski definition) is 0. The van der Waals surface area contributed by atoms with E-state index in [0.717, 1.165) is 135 Å². The van der Waals surface area contributed by atoms with E-state index in [-0.39, 0.29) is 17.8 Å². The standard InChI is InChI=1S/C93H78N10/c1-64(2)70-43-52-88(85(55-70)91-94-58-73(59-95-91)67-37-46-82(47-38-67)100(76-25-13-7-14-26-76)77-27-15-8-16-28-77)103(89-53-44-71(65(3)4)56-86(89)92-96-60-74(61-97-92)68-39-48-83(49-40-68)101(78-29-17-9-18-30-78)79-31-19-10-20-32-79)90-54-45-72(66(5)6)57-87(90)93-98-62-75(63-99-93)69-41-50-84(51-42-69)102(80-33-21-11-22-34-80)81-35-23-12-24-36-81/h7-66H,1-6H3. The molecule has 10 nitrogen and oxygen atoms in total. The lowest BCUT2D eigenvalue weighted by atomic mass is 9.94. The molecular formula is C93H78N10. The van der Waals surface area contributed by atoms with Crippen LogP contribution >= 0.6 is 0 Å². The first-order valence-electron chi connectivity index (χ1n) is 35.3. The number of aromatic nitrogens is 6. The van der Waals surface area contributed by atoms with Gasteiger partial charge in [-0.1, -0.05) is 205 Å². The van der Waals surface area contributed by atoms with Gasteiger partial charge in [-0.25, -0.2) is 29.9 Å². The molecule has 15 aromatic rings. The Bertz CT molecular complexity index is 4650. The van der Waals surface area contributed by atoms with Gasteiger partial charge < -0.3 is 19.6 Å². The third-order valence-electron chi connectivity index (χ3n) is 18.9. The molecule has 0 spiro atoms. The second-order valence-electron chi connectivity index (χ2n) is 26.7.